The van der Waals surface area contributed by atoms with Crippen LogP contribution in [0.2, 0.25) is 0 Å². The smallest absolute Gasteiger partial charge is 0.154 e. The van der Waals surface area contributed by atoms with Crippen molar-refractivity contribution in [2.24, 2.45) is 0 Å². The first-order chi connectivity index (χ1) is 7.40. The van der Waals surface area contributed by atoms with Crippen LogP contribution >= 0.6 is 0 Å². The molecule has 1 fully saturated rings. The molecule has 2 unspecified atom stereocenters. The molecule has 1 heterocycles. The third-order valence-corrected chi connectivity index (χ3v) is 5.01. The average molecular weight is 225 g/mol. The number of benzene rings is 1. The van der Waals surface area contributed by atoms with Crippen LogP contribution in [0.4, 0.5) is 0 Å². The van der Waals surface area contributed by atoms with E-state index in [0.29, 0.717) is 23.8 Å². The molecule has 0 saturated carbocycles. The molecule has 82 valence electrons. The predicted molar refractivity (Wildman–Crippen MR) is 63.2 cm³/mol. The molecule has 0 bridgehead atoms. The maximum Gasteiger partial charge on any atom is 0.154 e. The van der Waals surface area contributed by atoms with Crippen molar-refractivity contribution >= 4 is 10.9 Å². The van der Waals surface area contributed by atoms with Crippen molar-refractivity contribution in [3.8, 4) is 0 Å². The molecule has 0 N–H and O–H groups in total. The largest absolute Gasteiger partial charge is 0.359 e. The van der Waals surface area contributed by atoms with Gasteiger partial charge in [-0.2, -0.15) is 0 Å². The third kappa shape index (κ3) is 2.97. The molecule has 0 amide bonds. The Morgan fingerprint density at radius 3 is 2.87 bits per heavy atom. The Hall–Kier alpha value is -0.510. The summed E-state index contributed by atoms with van der Waals surface area (Å²) in [6.45, 7) is 0.427. The molecular weight excluding hydrogens is 208 g/mol. The van der Waals surface area contributed by atoms with Gasteiger partial charge in [-0.3, -0.25) is 0 Å². The lowest BCUT2D eigenvalue weighted by atomic mass is 10.3. The Balaban J connectivity index is 1.87. The topological polar surface area (TPSA) is 18.5 Å². The van der Waals surface area contributed by atoms with E-state index in [2.05, 4.69) is 30.3 Å². The first-order valence-corrected chi connectivity index (χ1v) is 6.79. The molecule has 0 radical (unpaired) electrons. The molecule has 2 rings (SSSR count). The van der Waals surface area contributed by atoms with Crippen molar-refractivity contribution in [1.29, 1.82) is 0 Å². The molecule has 2 atom stereocenters. The van der Waals surface area contributed by atoms with E-state index in [4.69, 9.17) is 9.47 Å². The van der Waals surface area contributed by atoms with Gasteiger partial charge in [-0.05, 0) is 12.1 Å². The summed E-state index contributed by atoms with van der Waals surface area (Å²) in [6, 6.07) is 10.8. The summed E-state index contributed by atoms with van der Waals surface area (Å²) >= 11 is 0. The zero-order chi connectivity index (χ0) is 10.5. The van der Waals surface area contributed by atoms with Crippen molar-refractivity contribution in [3.05, 3.63) is 30.3 Å². The van der Waals surface area contributed by atoms with Crippen LogP contribution in [0.15, 0.2) is 35.2 Å². The molecular formula is C12H17O2S+. The van der Waals surface area contributed by atoms with Crippen LogP contribution in [0.5, 0.6) is 0 Å². The standard InChI is InChI=1S/C12H17O2S/c1-13-10-14-11-7-8-15(9-11)12-5-3-2-4-6-12/h2-6,11H,7-10H2,1H3/q+1. The van der Waals surface area contributed by atoms with Crippen LogP contribution in [0.1, 0.15) is 6.42 Å². The lowest BCUT2D eigenvalue weighted by Gasteiger charge is -2.06. The second kappa shape index (κ2) is 5.54. The first kappa shape index (κ1) is 11.0. The average Bonchev–Trinajstić information content (AvgIpc) is 2.76. The molecule has 1 aromatic carbocycles. The van der Waals surface area contributed by atoms with E-state index in [0.717, 1.165) is 5.75 Å². The van der Waals surface area contributed by atoms with Crippen LogP contribution in [-0.4, -0.2) is 31.5 Å². The number of ether oxygens (including phenoxy) is 2. The van der Waals surface area contributed by atoms with Gasteiger partial charge in [-0.1, -0.05) is 18.2 Å². The van der Waals surface area contributed by atoms with Gasteiger partial charge in [0.15, 0.2) is 4.90 Å². The van der Waals surface area contributed by atoms with Crippen molar-refractivity contribution in [2.45, 2.75) is 17.4 Å². The van der Waals surface area contributed by atoms with E-state index < -0.39 is 0 Å². The lowest BCUT2D eigenvalue weighted by Crippen LogP contribution is -2.16. The lowest BCUT2D eigenvalue weighted by molar-refractivity contribution is -0.0621. The maximum absolute atomic E-state index is 5.59. The van der Waals surface area contributed by atoms with E-state index in [1.54, 1.807) is 7.11 Å². The Kier molecular flexibility index (Phi) is 4.06. The SMILES string of the molecule is COCOC1CC[S+](c2ccccc2)C1. The van der Waals surface area contributed by atoms with Crippen LogP contribution in [0.25, 0.3) is 0 Å². The van der Waals surface area contributed by atoms with Crippen molar-refractivity contribution in [1.82, 2.24) is 0 Å². The maximum atomic E-state index is 5.59. The molecule has 15 heavy (non-hydrogen) atoms. The van der Waals surface area contributed by atoms with E-state index in [1.807, 2.05) is 0 Å². The predicted octanol–water partition coefficient (Wildman–Crippen LogP) is 2.06. The van der Waals surface area contributed by atoms with Crippen LogP contribution in [0.3, 0.4) is 0 Å². The molecule has 3 heteroatoms. The summed E-state index contributed by atoms with van der Waals surface area (Å²) in [5.74, 6) is 2.42. The number of methoxy groups -OCH3 is 1. The van der Waals surface area contributed by atoms with Crippen molar-refractivity contribution in [3.63, 3.8) is 0 Å². The molecule has 0 spiro atoms. The Morgan fingerprint density at radius 1 is 1.33 bits per heavy atom. The minimum atomic E-state index is 0.395. The zero-order valence-electron chi connectivity index (χ0n) is 9.02. The summed E-state index contributed by atoms with van der Waals surface area (Å²) in [6.07, 6.45) is 1.56. The molecule has 0 aliphatic carbocycles. The summed E-state index contributed by atoms with van der Waals surface area (Å²) in [5.41, 5.74) is 0. The van der Waals surface area contributed by atoms with Crippen molar-refractivity contribution < 1.29 is 9.47 Å². The Labute approximate surface area is 93.9 Å². The molecule has 1 aliphatic rings. The van der Waals surface area contributed by atoms with Gasteiger partial charge in [0.2, 0.25) is 0 Å². The highest BCUT2D eigenvalue weighted by Gasteiger charge is 2.34. The second-order valence-corrected chi connectivity index (χ2v) is 5.86. The van der Waals surface area contributed by atoms with Gasteiger partial charge >= 0.3 is 0 Å². The first-order valence-electron chi connectivity index (χ1n) is 5.23. The number of hydrogen-bond acceptors (Lipinski definition) is 2. The molecule has 1 aromatic rings. The fourth-order valence-electron chi connectivity index (χ4n) is 1.79. The zero-order valence-corrected chi connectivity index (χ0v) is 9.83. The molecule has 1 aliphatic heterocycles. The van der Waals surface area contributed by atoms with E-state index in [9.17, 15) is 0 Å². The third-order valence-electron chi connectivity index (χ3n) is 2.57. The van der Waals surface area contributed by atoms with E-state index in [1.165, 1.54) is 17.1 Å². The molecule has 1 saturated heterocycles. The minimum Gasteiger partial charge on any atom is -0.359 e. The fraction of sp³-hybridized carbons (Fsp3) is 0.500. The van der Waals surface area contributed by atoms with E-state index in [-0.39, 0.29) is 0 Å². The van der Waals surface area contributed by atoms with Crippen LogP contribution in [-0.2, 0) is 20.4 Å². The van der Waals surface area contributed by atoms with E-state index >= 15 is 0 Å². The van der Waals surface area contributed by atoms with Crippen LogP contribution < -0.4 is 0 Å². The number of hydrogen-bond donors (Lipinski definition) is 0. The summed E-state index contributed by atoms with van der Waals surface area (Å²) in [7, 11) is 2.07. The van der Waals surface area contributed by atoms with Crippen LogP contribution in [0, 0.1) is 0 Å². The normalized spacial score (nSPS) is 25.7. The fourth-order valence-corrected chi connectivity index (χ4v) is 4.18. The van der Waals surface area contributed by atoms with Gasteiger partial charge in [0.1, 0.15) is 24.4 Å². The second-order valence-electron chi connectivity index (χ2n) is 3.66. The summed E-state index contributed by atoms with van der Waals surface area (Å²) in [4.78, 5) is 1.47. The highest BCUT2D eigenvalue weighted by Crippen LogP contribution is 2.24. The van der Waals surface area contributed by atoms with Gasteiger partial charge in [0.05, 0.1) is 0 Å². The monoisotopic (exact) mass is 225 g/mol. The highest BCUT2D eigenvalue weighted by molar-refractivity contribution is 7.97. The highest BCUT2D eigenvalue weighted by atomic mass is 32.2. The minimum absolute atomic E-state index is 0.395. The van der Waals surface area contributed by atoms with Crippen molar-refractivity contribution in [2.75, 3.05) is 25.4 Å². The molecule has 2 nitrogen and oxygen atoms in total. The van der Waals surface area contributed by atoms with Gasteiger partial charge in [-0.15, -0.1) is 0 Å². The van der Waals surface area contributed by atoms with Gasteiger partial charge in [-0.25, -0.2) is 0 Å². The van der Waals surface area contributed by atoms with Gasteiger partial charge < -0.3 is 9.47 Å². The molecule has 0 aromatic heterocycles. The Bertz CT molecular complexity index is 289. The summed E-state index contributed by atoms with van der Waals surface area (Å²) in [5, 5.41) is 0. The van der Waals surface area contributed by atoms with Gasteiger partial charge in [0, 0.05) is 24.4 Å². The quantitative estimate of drug-likeness (QED) is 0.577. The number of rotatable bonds is 4. The van der Waals surface area contributed by atoms with Gasteiger partial charge in [0.25, 0.3) is 0 Å². The Morgan fingerprint density at radius 2 is 2.13 bits per heavy atom. The summed E-state index contributed by atoms with van der Waals surface area (Å²) < 4.78 is 10.5.